The Balaban J connectivity index is 0.00000162. The van der Waals surface area contributed by atoms with E-state index in [1.54, 1.807) is 0 Å². The minimum atomic E-state index is 0. The van der Waals surface area contributed by atoms with Gasteiger partial charge in [0.05, 0.1) is 0 Å². The third kappa shape index (κ3) is 4.11. The molecule has 18 heavy (non-hydrogen) atoms. The monoisotopic (exact) mass is 276 g/mol. The molecular formula is C13H25ClN2O2. The van der Waals surface area contributed by atoms with Crippen LogP contribution in [-0.4, -0.2) is 31.2 Å². The van der Waals surface area contributed by atoms with Crippen LogP contribution in [-0.2, 0) is 9.53 Å². The number of hydrogen-bond donors (Lipinski definition) is 2. The SMILES string of the molecule is CC(NC(=O)C1CCC(N)C1)C1CCOCC1.Cl. The number of nitrogens with two attached hydrogens (primary N) is 1. The lowest BCUT2D eigenvalue weighted by Gasteiger charge is -2.29. The zero-order valence-electron chi connectivity index (χ0n) is 11.1. The third-order valence-corrected chi connectivity index (χ3v) is 4.19. The Kier molecular flexibility index (Phi) is 6.39. The zero-order valence-corrected chi connectivity index (χ0v) is 11.9. The maximum atomic E-state index is 12.0. The summed E-state index contributed by atoms with van der Waals surface area (Å²) in [5.41, 5.74) is 5.84. The summed E-state index contributed by atoms with van der Waals surface area (Å²) in [4.78, 5) is 12.0. The first-order chi connectivity index (χ1) is 8.16. The maximum absolute atomic E-state index is 12.0. The van der Waals surface area contributed by atoms with Crippen molar-refractivity contribution in [3.8, 4) is 0 Å². The van der Waals surface area contributed by atoms with Crippen molar-refractivity contribution in [2.24, 2.45) is 17.6 Å². The van der Waals surface area contributed by atoms with Gasteiger partial charge >= 0.3 is 0 Å². The van der Waals surface area contributed by atoms with Gasteiger partial charge in [-0.25, -0.2) is 0 Å². The number of carbonyl (C=O) groups excluding carboxylic acids is 1. The Morgan fingerprint density at radius 3 is 2.50 bits per heavy atom. The van der Waals surface area contributed by atoms with Gasteiger partial charge in [-0.2, -0.15) is 0 Å². The lowest BCUT2D eigenvalue weighted by Crippen LogP contribution is -2.42. The van der Waals surface area contributed by atoms with Gasteiger partial charge in [-0.05, 0) is 44.9 Å². The standard InChI is InChI=1S/C13H24N2O2.ClH/c1-9(10-4-6-17-7-5-10)15-13(16)11-2-3-12(14)8-11;/h9-12H,2-8,14H2,1H3,(H,15,16);1H. The fraction of sp³-hybridized carbons (Fsp3) is 0.923. The molecule has 1 amide bonds. The fourth-order valence-electron chi connectivity index (χ4n) is 2.93. The quantitative estimate of drug-likeness (QED) is 0.820. The lowest BCUT2D eigenvalue weighted by molar-refractivity contribution is -0.126. The van der Waals surface area contributed by atoms with E-state index in [1.165, 1.54) is 0 Å². The highest BCUT2D eigenvalue weighted by molar-refractivity contribution is 5.85. The fourth-order valence-corrected chi connectivity index (χ4v) is 2.93. The number of ether oxygens (including phenoxy) is 1. The van der Waals surface area contributed by atoms with Crippen molar-refractivity contribution >= 4 is 18.3 Å². The van der Waals surface area contributed by atoms with E-state index in [1.807, 2.05) is 0 Å². The molecule has 0 aromatic heterocycles. The van der Waals surface area contributed by atoms with Crippen molar-refractivity contribution in [2.45, 2.75) is 51.1 Å². The number of halogens is 1. The van der Waals surface area contributed by atoms with Crippen LogP contribution in [0.25, 0.3) is 0 Å². The average Bonchev–Trinajstić information content (AvgIpc) is 2.77. The summed E-state index contributed by atoms with van der Waals surface area (Å²) < 4.78 is 5.34. The summed E-state index contributed by atoms with van der Waals surface area (Å²) in [5, 5.41) is 3.16. The Morgan fingerprint density at radius 2 is 1.94 bits per heavy atom. The van der Waals surface area contributed by atoms with Crippen molar-refractivity contribution < 1.29 is 9.53 Å². The summed E-state index contributed by atoms with van der Waals surface area (Å²) in [6.07, 6.45) is 4.92. The van der Waals surface area contributed by atoms with E-state index in [4.69, 9.17) is 10.5 Å². The second-order valence-electron chi connectivity index (χ2n) is 5.52. The van der Waals surface area contributed by atoms with Gasteiger partial charge in [0.1, 0.15) is 0 Å². The van der Waals surface area contributed by atoms with E-state index in [0.717, 1.165) is 45.3 Å². The van der Waals surface area contributed by atoms with Gasteiger partial charge in [0.15, 0.2) is 0 Å². The summed E-state index contributed by atoms with van der Waals surface area (Å²) in [6, 6.07) is 0.493. The van der Waals surface area contributed by atoms with Crippen LogP contribution in [0.3, 0.4) is 0 Å². The molecule has 2 fully saturated rings. The van der Waals surface area contributed by atoms with E-state index in [0.29, 0.717) is 5.92 Å². The van der Waals surface area contributed by atoms with Crippen molar-refractivity contribution in [1.82, 2.24) is 5.32 Å². The molecule has 0 radical (unpaired) electrons. The molecule has 0 aromatic carbocycles. The topological polar surface area (TPSA) is 64.4 Å². The predicted molar refractivity (Wildman–Crippen MR) is 73.7 cm³/mol. The number of carbonyl (C=O) groups is 1. The highest BCUT2D eigenvalue weighted by atomic mass is 35.5. The van der Waals surface area contributed by atoms with E-state index in [-0.39, 0.29) is 36.3 Å². The summed E-state index contributed by atoms with van der Waals surface area (Å²) in [7, 11) is 0. The lowest BCUT2D eigenvalue weighted by atomic mass is 9.92. The highest BCUT2D eigenvalue weighted by Crippen LogP contribution is 2.25. The van der Waals surface area contributed by atoms with Crippen LogP contribution in [0.4, 0.5) is 0 Å². The van der Waals surface area contributed by atoms with Crippen LogP contribution >= 0.6 is 12.4 Å². The van der Waals surface area contributed by atoms with Gasteiger partial charge in [0.2, 0.25) is 5.91 Å². The molecule has 1 saturated heterocycles. The van der Waals surface area contributed by atoms with Crippen LogP contribution < -0.4 is 11.1 Å². The van der Waals surface area contributed by atoms with Gasteiger partial charge in [-0.1, -0.05) is 0 Å². The van der Waals surface area contributed by atoms with E-state index in [9.17, 15) is 4.79 Å². The molecule has 1 aliphatic heterocycles. The smallest absolute Gasteiger partial charge is 0.223 e. The van der Waals surface area contributed by atoms with E-state index >= 15 is 0 Å². The molecule has 2 aliphatic rings. The van der Waals surface area contributed by atoms with Crippen LogP contribution in [0.1, 0.15) is 39.0 Å². The van der Waals surface area contributed by atoms with Gasteiger partial charge in [0, 0.05) is 31.2 Å². The first-order valence-electron chi connectivity index (χ1n) is 6.80. The molecule has 106 valence electrons. The Bertz CT molecular complexity index is 270. The van der Waals surface area contributed by atoms with Crippen LogP contribution in [0.5, 0.6) is 0 Å². The number of rotatable bonds is 3. The molecule has 3 unspecified atom stereocenters. The van der Waals surface area contributed by atoms with Gasteiger partial charge < -0.3 is 15.8 Å². The first kappa shape index (κ1) is 15.7. The maximum Gasteiger partial charge on any atom is 0.223 e. The minimum absolute atomic E-state index is 0. The van der Waals surface area contributed by atoms with Gasteiger partial charge in [-0.3, -0.25) is 4.79 Å². The average molecular weight is 277 g/mol. The molecule has 5 heteroatoms. The van der Waals surface area contributed by atoms with E-state index in [2.05, 4.69) is 12.2 Å². The molecule has 1 saturated carbocycles. The number of hydrogen-bond acceptors (Lipinski definition) is 3. The molecule has 0 bridgehead atoms. The molecule has 0 spiro atoms. The zero-order chi connectivity index (χ0) is 12.3. The summed E-state index contributed by atoms with van der Waals surface area (Å²) in [6.45, 7) is 3.78. The Hall–Kier alpha value is -0.320. The van der Waals surface area contributed by atoms with Crippen molar-refractivity contribution in [1.29, 1.82) is 0 Å². The van der Waals surface area contributed by atoms with Gasteiger partial charge in [-0.15, -0.1) is 12.4 Å². The summed E-state index contributed by atoms with van der Waals surface area (Å²) in [5.74, 6) is 0.923. The highest BCUT2D eigenvalue weighted by Gasteiger charge is 2.30. The molecule has 4 nitrogen and oxygen atoms in total. The molecule has 0 aromatic rings. The van der Waals surface area contributed by atoms with Crippen molar-refractivity contribution in [2.75, 3.05) is 13.2 Å². The number of amides is 1. The summed E-state index contributed by atoms with van der Waals surface area (Å²) >= 11 is 0. The Labute approximate surface area is 115 Å². The molecule has 1 heterocycles. The van der Waals surface area contributed by atoms with E-state index < -0.39 is 0 Å². The second kappa shape index (κ2) is 7.31. The normalized spacial score (nSPS) is 30.6. The van der Waals surface area contributed by atoms with Crippen LogP contribution in [0, 0.1) is 11.8 Å². The van der Waals surface area contributed by atoms with Crippen molar-refractivity contribution in [3.63, 3.8) is 0 Å². The third-order valence-electron chi connectivity index (χ3n) is 4.19. The van der Waals surface area contributed by atoms with Crippen LogP contribution in [0.15, 0.2) is 0 Å². The second-order valence-corrected chi connectivity index (χ2v) is 5.52. The Morgan fingerprint density at radius 1 is 1.28 bits per heavy atom. The molecule has 3 N–H and O–H groups in total. The molecule has 2 rings (SSSR count). The van der Waals surface area contributed by atoms with Gasteiger partial charge in [0.25, 0.3) is 0 Å². The first-order valence-corrected chi connectivity index (χ1v) is 6.80. The minimum Gasteiger partial charge on any atom is -0.381 e. The largest absolute Gasteiger partial charge is 0.381 e. The molecular weight excluding hydrogens is 252 g/mol. The molecule has 3 atom stereocenters. The van der Waals surface area contributed by atoms with Crippen molar-refractivity contribution in [3.05, 3.63) is 0 Å². The van der Waals surface area contributed by atoms with Crippen LogP contribution in [0.2, 0.25) is 0 Å². The molecule has 1 aliphatic carbocycles. The predicted octanol–water partition coefficient (Wildman–Crippen LogP) is 1.47. The number of nitrogens with one attached hydrogen (secondary N) is 1.